The predicted molar refractivity (Wildman–Crippen MR) is 107 cm³/mol. The quantitative estimate of drug-likeness (QED) is 0.795. The highest BCUT2D eigenvalue weighted by atomic mass is 35.5. The molecule has 5 nitrogen and oxygen atoms in total. The number of halogens is 1. The standard InChI is InChI=1S/C19H28N2O3S.ClH/c22-19(16-7-5-11-20-13-16)21-17-8-4-6-15(12-17)14-25(23,24)18-9-2-1-3-10-18;/h4,6,8,12,16,18,20H,1-3,5,7,9-11,13-14H2,(H,21,22);1H. The van der Waals surface area contributed by atoms with Crippen LogP contribution in [0.5, 0.6) is 0 Å². The maximum Gasteiger partial charge on any atom is 0.228 e. The smallest absolute Gasteiger partial charge is 0.228 e. The zero-order valence-corrected chi connectivity index (χ0v) is 16.7. The van der Waals surface area contributed by atoms with Crippen LogP contribution in [-0.2, 0) is 20.4 Å². The van der Waals surface area contributed by atoms with Gasteiger partial charge in [0.25, 0.3) is 0 Å². The van der Waals surface area contributed by atoms with Gasteiger partial charge in [0.2, 0.25) is 5.91 Å². The molecule has 2 N–H and O–H groups in total. The zero-order chi connectivity index (χ0) is 17.7. The second kappa shape index (κ2) is 9.72. The number of sulfone groups is 1. The lowest BCUT2D eigenvalue weighted by molar-refractivity contribution is -0.120. The molecule has 7 heteroatoms. The summed E-state index contributed by atoms with van der Waals surface area (Å²) < 4.78 is 25.3. The van der Waals surface area contributed by atoms with Gasteiger partial charge < -0.3 is 10.6 Å². The van der Waals surface area contributed by atoms with Gasteiger partial charge >= 0.3 is 0 Å². The Kier molecular flexibility index (Phi) is 7.92. The number of amides is 1. The van der Waals surface area contributed by atoms with Crippen molar-refractivity contribution in [1.29, 1.82) is 0 Å². The van der Waals surface area contributed by atoms with Gasteiger partial charge in [-0.15, -0.1) is 12.4 Å². The van der Waals surface area contributed by atoms with Gasteiger partial charge in [0.05, 0.1) is 16.9 Å². The number of hydrogen-bond donors (Lipinski definition) is 2. The second-order valence-electron chi connectivity index (χ2n) is 7.30. The van der Waals surface area contributed by atoms with E-state index in [1.54, 1.807) is 6.07 Å². The van der Waals surface area contributed by atoms with Crippen LogP contribution in [0.1, 0.15) is 50.5 Å². The van der Waals surface area contributed by atoms with Crippen LogP contribution >= 0.6 is 12.4 Å². The molecule has 1 unspecified atom stereocenters. The molecule has 2 aliphatic rings. The van der Waals surface area contributed by atoms with Crippen molar-refractivity contribution in [2.75, 3.05) is 18.4 Å². The summed E-state index contributed by atoms with van der Waals surface area (Å²) in [5.41, 5.74) is 1.44. The molecule has 0 spiro atoms. The van der Waals surface area contributed by atoms with Gasteiger partial charge in [-0.25, -0.2) is 8.42 Å². The largest absolute Gasteiger partial charge is 0.326 e. The van der Waals surface area contributed by atoms with E-state index in [2.05, 4.69) is 10.6 Å². The highest BCUT2D eigenvalue weighted by Crippen LogP contribution is 2.26. The first-order valence-corrected chi connectivity index (χ1v) is 11.1. The molecule has 1 amide bonds. The number of carbonyl (C=O) groups excluding carboxylic acids is 1. The summed E-state index contributed by atoms with van der Waals surface area (Å²) in [4.78, 5) is 12.3. The normalized spacial score (nSPS) is 21.6. The molecule has 0 radical (unpaired) electrons. The van der Waals surface area contributed by atoms with Crippen molar-refractivity contribution in [1.82, 2.24) is 5.32 Å². The monoisotopic (exact) mass is 400 g/mol. The summed E-state index contributed by atoms with van der Waals surface area (Å²) in [7, 11) is -3.12. The van der Waals surface area contributed by atoms with Gasteiger partial charge in [0.15, 0.2) is 9.84 Å². The highest BCUT2D eigenvalue weighted by Gasteiger charge is 2.27. The lowest BCUT2D eigenvalue weighted by Crippen LogP contribution is -2.37. The molecule has 1 heterocycles. The first-order valence-electron chi connectivity index (χ1n) is 9.37. The Labute approximate surface area is 162 Å². The molecule has 1 aromatic rings. The molecule has 0 bridgehead atoms. The molecule has 1 atom stereocenters. The Bertz CT molecular complexity index is 696. The third kappa shape index (κ3) is 5.69. The van der Waals surface area contributed by atoms with E-state index in [4.69, 9.17) is 0 Å². The number of anilines is 1. The van der Waals surface area contributed by atoms with E-state index in [0.717, 1.165) is 57.1 Å². The van der Waals surface area contributed by atoms with E-state index in [1.807, 2.05) is 18.2 Å². The van der Waals surface area contributed by atoms with Crippen molar-refractivity contribution in [3.8, 4) is 0 Å². The van der Waals surface area contributed by atoms with E-state index in [0.29, 0.717) is 12.2 Å². The fraction of sp³-hybridized carbons (Fsp3) is 0.632. The summed E-state index contributed by atoms with van der Waals surface area (Å²) in [6.07, 6.45) is 6.64. The lowest BCUT2D eigenvalue weighted by Gasteiger charge is -2.22. The van der Waals surface area contributed by atoms with E-state index in [-0.39, 0.29) is 35.2 Å². The van der Waals surface area contributed by atoms with Crippen LogP contribution in [0, 0.1) is 5.92 Å². The summed E-state index contributed by atoms with van der Waals surface area (Å²) in [5, 5.41) is 5.98. The van der Waals surface area contributed by atoms with E-state index >= 15 is 0 Å². The van der Waals surface area contributed by atoms with Crippen molar-refractivity contribution in [2.24, 2.45) is 5.92 Å². The Balaban J connectivity index is 0.00000243. The number of hydrogen-bond acceptors (Lipinski definition) is 4. The average Bonchev–Trinajstić information content (AvgIpc) is 2.63. The maximum atomic E-state index is 12.6. The zero-order valence-electron chi connectivity index (χ0n) is 15.1. The van der Waals surface area contributed by atoms with Crippen molar-refractivity contribution in [3.63, 3.8) is 0 Å². The minimum atomic E-state index is -3.12. The highest BCUT2D eigenvalue weighted by molar-refractivity contribution is 7.91. The third-order valence-electron chi connectivity index (χ3n) is 5.29. The second-order valence-corrected chi connectivity index (χ2v) is 9.58. The van der Waals surface area contributed by atoms with Crippen molar-refractivity contribution >= 4 is 33.8 Å². The minimum Gasteiger partial charge on any atom is -0.326 e. The number of rotatable bonds is 5. The topological polar surface area (TPSA) is 75.3 Å². The van der Waals surface area contributed by atoms with Gasteiger partial charge in [-0.1, -0.05) is 31.4 Å². The molecule has 1 saturated carbocycles. The fourth-order valence-corrected chi connectivity index (χ4v) is 5.76. The molecule has 2 fully saturated rings. The Morgan fingerprint density at radius 2 is 1.88 bits per heavy atom. The van der Waals surface area contributed by atoms with Crippen LogP contribution in [0.4, 0.5) is 5.69 Å². The first-order chi connectivity index (χ1) is 12.0. The molecule has 0 aromatic heterocycles. The SMILES string of the molecule is Cl.O=C(Nc1cccc(CS(=O)(=O)C2CCCCC2)c1)C1CCCNC1. The van der Waals surface area contributed by atoms with Crippen molar-refractivity contribution < 1.29 is 13.2 Å². The molecule has 146 valence electrons. The van der Waals surface area contributed by atoms with Crippen LogP contribution in [0.15, 0.2) is 24.3 Å². The number of nitrogens with one attached hydrogen (secondary N) is 2. The summed E-state index contributed by atoms with van der Waals surface area (Å²) >= 11 is 0. The van der Waals surface area contributed by atoms with Gasteiger partial charge in [0, 0.05) is 12.2 Å². The Hall–Kier alpha value is -1.11. The number of carbonyl (C=O) groups is 1. The number of piperidine rings is 1. The molecular weight excluding hydrogens is 372 g/mol. The van der Waals surface area contributed by atoms with Gasteiger partial charge in [0.1, 0.15) is 0 Å². The fourth-order valence-electron chi connectivity index (χ4n) is 3.83. The molecule has 1 saturated heterocycles. The molecule has 26 heavy (non-hydrogen) atoms. The lowest BCUT2D eigenvalue weighted by atomic mass is 9.99. The van der Waals surface area contributed by atoms with Crippen LogP contribution in [0.2, 0.25) is 0 Å². The summed E-state index contributed by atoms with van der Waals surface area (Å²) in [6, 6.07) is 7.28. The van der Waals surface area contributed by atoms with Crippen molar-refractivity contribution in [2.45, 2.75) is 55.9 Å². The van der Waals surface area contributed by atoms with E-state index in [1.165, 1.54) is 0 Å². The maximum absolute atomic E-state index is 12.6. The number of benzene rings is 1. The third-order valence-corrected chi connectivity index (χ3v) is 7.51. The van der Waals surface area contributed by atoms with Crippen LogP contribution < -0.4 is 10.6 Å². The first kappa shape index (κ1) is 21.2. The Morgan fingerprint density at radius 1 is 1.12 bits per heavy atom. The average molecular weight is 401 g/mol. The molecular formula is C19H29ClN2O3S. The van der Waals surface area contributed by atoms with Crippen LogP contribution in [0.3, 0.4) is 0 Å². The molecule has 1 aliphatic heterocycles. The van der Waals surface area contributed by atoms with Gasteiger partial charge in [-0.3, -0.25) is 4.79 Å². The van der Waals surface area contributed by atoms with Gasteiger partial charge in [-0.2, -0.15) is 0 Å². The summed E-state index contributed by atoms with van der Waals surface area (Å²) in [5.74, 6) is 0.0645. The van der Waals surface area contributed by atoms with Crippen LogP contribution in [0.25, 0.3) is 0 Å². The van der Waals surface area contributed by atoms with E-state index in [9.17, 15) is 13.2 Å². The molecule has 3 rings (SSSR count). The molecule has 1 aliphatic carbocycles. The van der Waals surface area contributed by atoms with Gasteiger partial charge in [-0.05, 0) is 49.9 Å². The van der Waals surface area contributed by atoms with Crippen molar-refractivity contribution in [3.05, 3.63) is 29.8 Å². The van der Waals surface area contributed by atoms with Crippen LogP contribution in [-0.4, -0.2) is 32.7 Å². The molecule has 1 aromatic carbocycles. The minimum absolute atomic E-state index is 0. The summed E-state index contributed by atoms with van der Waals surface area (Å²) in [6.45, 7) is 1.68. The van der Waals surface area contributed by atoms with E-state index < -0.39 is 9.84 Å². The predicted octanol–water partition coefficient (Wildman–Crippen LogP) is 3.29. The Morgan fingerprint density at radius 3 is 2.58 bits per heavy atom.